The van der Waals surface area contributed by atoms with E-state index < -0.39 is 20.0 Å². The van der Waals surface area contributed by atoms with Crippen LogP contribution in [0.1, 0.15) is 117 Å². The quantitative estimate of drug-likeness (QED) is 0.0312. The van der Waals surface area contributed by atoms with E-state index in [0.717, 1.165) is 70.6 Å². The fourth-order valence-corrected chi connectivity index (χ4v) is 5.17. The zero-order valence-corrected chi connectivity index (χ0v) is 31.3. The predicted octanol–water partition coefficient (Wildman–Crippen LogP) is 9.66. The van der Waals surface area contributed by atoms with Gasteiger partial charge < -0.3 is 21.1 Å². The third-order valence-electron chi connectivity index (χ3n) is 7.17. The molecule has 0 bridgehead atoms. The normalized spacial score (nSPS) is 15.4. The molecule has 0 aromatic rings. The second-order valence-corrected chi connectivity index (χ2v) is 13.1. The van der Waals surface area contributed by atoms with Crippen molar-refractivity contribution in [2.75, 3.05) is 19.8 Å². The first-order valence-corrected chi connectivity index (χ1v) is 19.9. The molecule has 0 fully saturated rings. The number of aliphatic hydroxyl groups excluding tert-OH is 1. The van der Waals surface area contributed by atoms with E-state index in [9.17, 15) is 19.4 Å². The third kappa shape index (κ3) is 33.7. The molecule has 3 unspecified atom stereocenters. The third-order valence-corrected chi connectivity index (χ3v) is 8.15. The Morgan fingerprint density at radius 2 is 1.18 bits per heavy atom. The molecular weight excluding hydrogens is 635 g/mol. The average Bonchev–Trinajstić information content (AvgIpc) is 3.09. The van der Waals surface area contributed by atoms with E-state index in [-0.39, 0.29) is 32.1 Å². The molecule has 8 nitrogen and oxygen atoms in total. The van der Waals surface area contributed by atoms with Crippen LogP contribution >= 0.6 is 7.82 Å². The van der Waals surface area contributed by atoms with Crippen molar-refractivity contribution in [1.29, 1.82) is 0 Å². The summed E-state index contributed by atoms with van der Waals surface area (Å²) in [5.74, 6) is -0.262. The van der Waals surface area contributed by atoms with Crippen molar-refractivity contribution in [2.45, 2.75) is 129 Å². The van der Waals surface area contributed by atoms with E-state index in [4.69, 9.17) is 14.8 Å². The van der Waals surface area contributed by atoms with Gasteiger partial charge in [-0.05, 0) is 70.6 Å². The van der Waals surface area contributed by atoms with Crippen molar-refractivity contribution in [2.24, 2.45) is 5.73 Å². The van der Waals surface area contributed by atoms with Gasteiger partial charge in [-0.25, -0.2) is 4.57 Å². The van der Waals surface area contributed by atoms with Crippen molar-refractivity contribution in [3.05, 3.63) is 97.2 Å². The molecule has 0 aliphatic heterocycles. The Morgan fingerprint density at radius 1 is 0.694 bits per heavy atom. The van der Waals surface area contributed by atoms with Crippen LogP contribution in [0.2, 0.25) is 0 Å². The van der Waals surface area contributed by atoms with E-state index in [2.05, 4.69) is 104 Å². The number of hydrogen-bond acceptors (Lipinski definition) is 6. The highest BCUT2D eigenvalue weighted by molar-refractivity contribution is 7.47. The van der Waals surface area contributed by atoms with Gasteiger partial charge in [0.2, 0.25) is 5.91 Å². The monoisotopic (exact) mass is 702 g/mol. The number of phosphoric ester groups is 1. The van der Waals surface area contributed by atoms with Gasteiger partial charge in [-0.3, -0.25) is 13.8 Å². The molecule has 0 spiro atoms. The molecule has 0 aromatic carbocycles. The van der Waals surface area contributed by atoms with Crippen LogP contribution in [-0.4, -0.2) is 47.8 Å². The lowest BCUT2D eigenvalue weighted by molar-refractivity contribution is -0.122. The molecule has 3 atom stereocenters. The number of phosphoric acid groups is 1. The Bertz CT molecular complexity index is 1080. The molecule has 5 N–H and O–H groups in total. The maximum atomic E-state index is 12.6. The van der Waals surface area contributed by atoms with Gasteiger partial charge in [-0.2, -0.15) is 0 Å². The first kappa shape index (κ1) is 46.4. The lowest BCUT2D eigenvalue weighted by Gasteiger charge is -2.23. The molecular formula is C40H67N2O6P. The summed E-state index contributed by atoms with van der Waals surface area (Å²) in [7, 11) is -4.35. The van der Waals surface area contributed by atoms with E-state index >= 15 is 0 Å². The summed E-state index contributed by atoms with van der Waals surface area (Å²) >= 11 is 0. The van der Waals surface area contributed by atoms with Crippen LogP contribution < -0.4 is 11.1 Å². The molecule has 0 rings (SSSR count). The molecule has 0 saturated carbocycles. The highest BCUT2D eigenvalue weighted by atomic mass is 31.2. The first-order valence-electron chi connectivity index (χ1n) is 18.4. The highest BCUT2D eigenvalue weighted by Crippen LogP contribution is 2.43. The van der Waals surface area contributed by atoms with E-state index in [1.807, 2.05) is 6.08 Å². The standard InChI is InChI=1S/C40H67N2O6P/c1-3-5-7-9-11-12-13-14-15-16-17-18-19-20-21-22-23-24-25-26-28-30-32-34-40(44)42-38(37-48-49(45,46)47-36-35-41)39(43)33-31-29-27-10-8-6-4-2/h5,7,11-12,14-15,17-18,20-21,23-24,26,28,31,33,38-39,43H,3-4,6,8-10,13,16,19,22,25,27,29-30,32,34-37,41H2,1-2H3,(H,42,44)(H,45,46)/b7-5-,12-11-,15-14-,18-17-,21-20-,24-23-,28-26-,33-31+. The van der Waals surface area contributed by atoms with E-state index in [0.29, 0.717) is 6.42 Å². The Balaban J connectivity index is 4.32. The Morgan fingerprint density at radius 3 is 1.69 bits per heavy atom. The van der Waals surface area contributed by atoms with Crippen LogP contribution in [0.4, 0.5) is 0 Å². The van der Waals surface area contributed by atoms with Gasteiger partial charge in [0, 0.05) is 13.0 Å². The number of unbranched alkanes of at least 4 members (excludes halogenated alkanes) is 6. The number of nitrogens with one attached hydrogen (secondary N) is 1. The van der Waals surface area contributed by atoms with Crippen LogP contribution in [0.15, 0.2) is 97.2 Å². The molecule has 0 saturated heterocycles. The number of hydrogen-bond donors (Lipinski definition) is 4. The summed E-state index contributed by atoms with van der Waals surface area (Å²) in [5, 5.41) is 13.4. The molecule has 9 heteroatoms. The number of aliphatic hydroxyl groups is 1. The molecule has 278 valence electrons. The average molecular weight is 703 g/mol. The largest absolute Gasteiger partial charge is 0.472 e. The number of amides is 1. The number of carbonyl (C=O) groups excluding carboxylic acids is 1. The maximum Gasteiger partial charge on any atom is 0.472 e. The SMILES string of the molecule is CC/C=C\C/C=C\C/C=C\C/C=C\C/C=C\C/C=C\C/C=C\CCCC(=O)NC(COP(=O)(O)OCCN)C(O)/C=C/CCCCCCC. The minimum atomic E-state index is -4.35. The summed E-state index contributed by atoms with van der Waals surface area (Å²) in [6, 6.07) is -0.894. The summed E-state index contributed by atoms with van der Waals surface area (Å²) in [4.78, 5) is 22.5. The Labute approximate surface area is 298 Å². The molecule has 49 heavy (non-hydrogen) atoms. The van der Waals surface area contributed by atoms with E-state index in [1.54, 1.807) is 6.08 Å². The van der Waals surface area contributed by atoms with Crippen molar-refractivity contribution in [3.8, 4) is 0 Å². The zero-order chi connectivity index (χ0) is 36.1. The molecule has 0 radical (unpaired) electrons. The lowest BCUT2D eigenvalue weighted by atomic mass is 10.1. The van der Waals surface area contributed by atoms with Crippen LogP contribution in [0.5, 0.6) is 0 Å². The van der Waals surface area contributed by atoms with Gasteiger partial charge in [0.15, 0.2) is 0 Å². The fraction of sp³-hybridized carbons (Fsp3) is 0.575. The topological polar surface area (TPSA) is 131 Å². The first-order chi connectivity index (χ1) is 23.9. The van der Waals surface area contributed by atoms with Gasteiger partial charge in [0.1, 0.15) is 0 Å². The Kier molecular flexibility index (Phi) is 33.4. The molecule has 0 heterocycles. The van der Waals surface area contributed by atoms with Crippen molar-refractivity contribution in [1.82, 2.24) is 5.32 Å². The minimum Gasteiger partial charge on any atom is -0.387 e. The number of nitrogens with two attached hydrogens (primary N) is 1. The van der Waals surface area contributed by atoms with Crippen molar-refractivity contribution >= 4 is 13.7 Å². The van der Waals surface area contributed by atoms with Gasteiger partial charge in [-0.15, -0.1) is 0 Å². The van der Waals surface area contributed by atoms with Crippen LogP contribution in [-0.2, 0) is 18.4 Å². The predicted molar refractivity (Wildman–Crippen MR) is 207 cm³/mol. The van der Waals surface area contributed by atoms with Crippen LogP contribution in [0, 0.1) is 0 Å². The van der Waals surface area contributed by atoms with Gasteiger partial charge in [-0.1, -0.05) is 137 Å². The molecule has 1 amide bonds. The summed E-state index contributed by atoms with van der Waals surface area (Å²) < 4.78 is 21.9. The second-order valence-electron chi connectivity index (χ2n) is 11.7. The van der Waals surface area contributed by atoms with Gasteiger partial charge in [0.05, 0.1) is 25.4 Å². The smallest absolute Gasteiger partial charge is 0.387 e. The van der Waals surface area contributed by atoms with Crippen molar-refractivity contribution < 1.29 is 28.4 Å². The fourth-order valence-electron chi connectivity index (χ4n) is 4.41. The summed E-state index contributed by atoms with van der Waals surface area (Å²) in [5.41, 5.74) is 5.33. The minimum absolute atomic E-state index is 0.0630. The van der Waals surface area contributed by atoms with Crippen LogP contribution in [0.25, 0.3) is 0 Å². The lowest BCUT2D eigenvalue weighted by Crippen LogP contribution is -2.45. The maximum absolute atomic E-state index is 12.6. The van der Waals surface area contributed by atoms with Crippen molar-refractivity contribution in [3.63, 3.8) is 0 Å². The highest BCUT2D eigenvalue weighted by Gasteiger charge is 2.26. The zero-order valence-electron chi connectivity index (χ0n) is 30.4. The van der Waals surface area contributed by atoms with Gasteiger partial charge in [0.25, 0.3) is 0 Å². The Hall–Kier alpha value is -2.58. The molecule has 0 aliphatic carbocycles. The number of allylic oxidation sites excluding steroid dienone is 15. The number of rotatable bonds is 32. The molecule has 0 aliphatic rings. The second kappa shape index (κ2) is 35.3. The number of carbonyl (C=O) groups is 1. The molecule has 0 aromatic heterocycles. The summed E-state index contributed by atoms with van der Waals surface area (Å²) in [6.45, 7) is 3.86. The van der Waals surface area contributed by atoms with E-state index in [1.165, 1.54) is 19.3 Å². The van der Waals surface area contributed by atoms with Crippen LogP contribution in [0.3, 0.4) is 0 Å². The van der Waals surface area contributed by atoms with Gasteiger partial charge >= 0.3 is 7.82 Å². The summed E-state index contributed by atoms with van der Waals surface area (Å²) in [6.07, 6.45) is 47.7.